The van der Waals surface area contributed by atoms with Gasteiger partial charge in [0.25, 0.3) is 0 Å². The molecule has 4 aromatic rings. The molecule has 4 rings (SSSR count). The molecule has 0 saturated heterocycles. The zero-order chi connectivity index (χ0) is 16.4. The van der Waals surface area contributed by atoms with Crippen molar-refractivity contribution in [3.63, 3.8) is 0 Å². The van der Waals surface area contributed by atoms with Gasteiger partial charge in [0.1, 0.15) is 5.82 Å². The van der Waals surface area contributed by atoms with Crippen molar-refractivity contribution in [2.75, 3.05) is 0 Å². The maximum Gasteiger partial charge on any atom is 0.143 e. The zero-order valence-corrected chi connectivity index (χ0v) is 13.2. The number of nitriles is 1. The molecule has 0 fully saturated rings. The van der Waals surface area contributed by atoms with Crippen molar-refractivity contribution in [3.8, 4) is 17.5 Å². The van der Waals surface area contributed by atoms with E-state index in [1.165, 1.54) is 0 Å². The summed E-state index contributed by atoms with van der Waals surface area (Å²) < 4.78 is 2.20. The van der Waals surface area contributed by atoms with E-state index >= 15 is 0 Å². The van der Waals surface area contributed by atoms with E-state index in [-0.39, 0.29) is 0 Å². The Hall–Kier alpha value is -3.19. The van der Waals surface area contributed by atoms with Gasteiger partial charge in [-0.3, -0.25) is 4.98 Å². The Balaban J connectivity index is 1.95. The highest BCUT2D eigenvalue weighted by Crippen LogP contribution is 2.30. The molecule has 0 saturated carbocycles. The number of benzene rings is 2. The first-order valence-electron chi connectivity index (χ1n) is 8.05. The minimum absolute atomic E-state index is 0.541. The molecule has 0 atom stereocenters. The van der Waals surface area contributed by atoms with E-state index in [4.69, 9.17) is 10.2 Å². The number of pyridine rings is 1. The molecule has 4 nitrogen and oxygen atoms in total. The van der Waals surface area contributed by atoms with Gasteiger partial charge < -0.3 is 4.57 Å². The lowest BCUT2D eigenvalue weighted by Crippen LogP contribution is -2.01. The summed E-state index contributed by atoms with van der Waals surface area (Å²) in [7, 11) is 0. The Morgan fingerprint density at radius 3 is 2.79 bits per heavy atom. The molecule has 116 valence electrons. The van der Waals surface area contributed by atoms with E-state index in [0.29, 0.717) is 6.42 Å². The molecule has 2 aromatic carbocycles. The van der Waals surface area contributed by atoms with Crippen LogP contribution in [0, 0.1) is 11.3 Å². The van der Waals surface area contributed by atoms with E-state index in [1.54, 1.807) is 0 Å². The lowest BCUT2D eigenvalue weighted by molar-refractivity contribution is 0.675. The largest absolute Gasteiger partial charge is 0.324 e. The van der Waals surface area contributed by atoms with Gasteiger partial charge in [0, 0.05) is 30.1 Å². The highest BCUT2D eigenvalue weighted by molar-refractivity contribution is 5.94. The van der Waals surface area contributed by atoms with Gasteiger partial charge in [0.15, 0.2) is 0 Å². The lowest BCUT2D eigenvalue weighted by Gasteiger charge is -2.10. The van der Waals surface area contributed by atoms with Gasteiger partial charge in [-0.15, -0.1) is 0 Å². The molecule has 0 amide bonds. The minimum Gasteiger partial charge on any atom is -0.324 e. The van der Waals surface area contributed by atoms with Crippen molar-refractivity contribution in [3.05, 3.63) is 60.8 Å². The van der Waals surface area contributed by atoms with Crippen LogP contribution in [0.2, 0.25) is 0 Å². The maximum atomic E-state index is 8.85. The third-order valence-corrected chi connectivity index (χ3v) is 4.20. The highest BCUT2D eigenvalue weighted by Gasteiger charge is 2.14. The molecular weight excluding hydrogens is 296 g/mol. The van der Waals surface area contributed by atoms with Crippen LogP contribution in [-0.2, 0) is 6.54 Å². The number of aromatic nitrogens is 3. The Kier molecular flexibility index (Phi) is 3.68. The molecule has 24 heavy (non-hydrogen) atoms. The van der Waals surface area contributed by atoms with Crippen molar-refractivity contribution in [2.45, 2.75) is 19.4 Å². The first-order valence-corrected chi connectivity index (χ1v) is 8.05. The van der Waals surface area contributed by atoms with E-state index in [1.807, 2.05) is 36.5 Å². The van der Waals surface area contributed by atoms with Crippen LogP contribution >= 0.6 is 0 Å². The number of imidazole rings is 1. The second-order valence-corrected chi connectivity index (χ2v) is 5.72. The highest BCUT2D eigenvalue weighted by atomic mass is 15.1. The smallest absolute Gasteiger partial charge is 0.143 e. The minimum atomic E-state index is 0.541. The van der Waals surface area contributed by atoms with Gasteiger partial charge in [-0.05, 0) is 30.7 Å². The fraction of sp³-hybridized carbons (Fsp3) is 0.150. The summed E-state index contributed by atoms with van der Waals surface area (Å²) in [4.78, 5) is 9.41. The molecule has 2 aromatic heterocycles. The Morgan fingerprint density at radius 1 is 1.00 bits per heavy atom. The zero-order valence-electron chi connectivity index (χ0n) is 13.2. The number of nitrogens with zero attached hydrogens (tertiary/aromatic N) is 4. The van der Waals surface area contributed by atoms with E-state index in [2.05, 4.69) is 39.9 Å². The molecule has 2 heterocycles. The molecule has 0 aliphatic rings. The first-order chi connectivity index (χ1) is 11.9. The number of hydrogen-bond donors (Lipinski definition) is 0. The first kappa shape index (κ1) is 14.4. The van der Waals surface area contributed by atoms with Gasteiger partial charge in [-0.1, -0.05) is 30.3 Å². The van der Waals surface area contributed by atoms with Crippen molar-refractivity contribution in [1.82, 2.24) is 14.5 Å². The Labute approximate surface area is 140 Å². The fourth-order valence-electron chi connectivity index (χ4n) is 3.11. The summed E-state index contributed by atoms with van der Waals surface area (Å²) >= 11 is 0. The van der Waals surface area contributed by atoms with Gasteiger partial charge >= 0.3 is 0 Å². The van der Waals surface area contributed by atoms with E-state index in [0.717, 1.165) is 46.3 Å². The van der Waals surface area contributed by atoms with Crippen LogP contribution in [0.3, 0.4) is 0 Å². The van der Waals surface area contributed by atoms with E-state index in [9.17, 15) is 0 Å². The number of hydrogen-bond acceptors (Lipinski definition) is 3. The fourth-order valence-corrected chi connectivity index (χ4v) is 3.11. The number of fused-ring (bicyclic) bond motifs is 2. The molecule has 4 heteroatoms. The predicted octanol–water partition coefficient (Wildman–Crippen LogP) is 4.56. The number of para-hydroxylation sites is 3. The second-order valence-electron chi connectivity index (χ2n) is 5.72. The monoisotopic (exact) mass is 312 g/mol. The van der Waals surface area contributed by atoms with Gasteiger partial charge in [0.2, 0.25) is 0 Å². The van der Waals surface area contributed by atoms with Crippen molar-refractivity contribution in [2.24, 2.45) is 0 Å². The van der Waals surface area contributed by atoms with Crippen LogP contribution in [0.1, 0.15) is 12.8 Å². The molecular formula is C20H16N4. The summed E-state index contributed by atoms with van der Waals surface area (Å²) in [5, 5.41) is 9.95. The van der Waals surface area contributed by atoms with Crippen molar-refractivity contribution < 1.29 is 0 Å². The molecule has 0 aliphatic heterocycles. The maximum absolute atomic E-state index is 8.85. The van der Waals surface area contributed by atoms with E-state index < -0.39 is 0 Å². The van der Waals surface area contributed by atoms with Gasteiger partial charge in [-0.2, -0.15) is 5.26 Å². The van der Waals surface area contributed by atoms with Crippen LogP contribution in [0.15, 0.2) is 60.8 Å². The summed E-state index contributed by atoms with van der Waals surface area (Å²) in [5.74, 6) is 0.915. The van der Waals surface area contributed by atoms with Crippen LogP contribution in [0.25, 0.3) is 33.3 Å². The third-order valence-electron chi connectivity index (χ3n) is 4.20. The normalized spacial score (nSPS) is 11.0. The molecule has 0 unspecified atom stereocenters. The molecule has 0 spiro atoms. The van der Waals surface area contributed by atoms with Crippen molar-refractivity contribution >= 4 is 21.9 Å². The van der Waals surface area contributed by atoms with Crippen LogP contribution in [-0.4, -0.2) is 14.5 Å². The summed E-state index contributed by atoms with van der Waals surface area (Å²) in [5.41, 5.74) is 4.05. The summed E-state index contributed by atoms with van der Waals surface area (Å²) in [6, 6.07) is 20.5. The molecule has 0 aliphatic carbocycles. The quantitative estimate of drug-likeness (QED) is 0.519. The second kappa shape index (κ2) is 6.13. The number of aryl methyl sites for hydroxylation is 1. The van der Waals surface area contributed by atoms with Gasteiger partial charge in [0.05, 0.1) is 22.6 Å². The van der Waals surface area contributed by atoms with Gasteiger partial charge in [-0.25, -0.2) is 4.98 Å². The number of rotatable bonds is 4. The lowest BCUT2D eigenvalue weighted by atomic mass is 10.1. The average Bonchev–Trinajstić information content (AvgIpc) is 3.00. The van der Waals surface area contributed by atoms with Crippen LogP contribution < -0.4 is 0 Å². The summed E-state index contributed by atoms with van der Waals surface area (Å²) in [6.45, 7) is 0.770. The molecule has 0 N–H and O–H groups in total. The number of unbranched alkanes of at least 4 members (excludes halogenated alkanes) is 1. The topological polar surface area (TPSA) is 54.5 Å². The SMILES string of the molecule is N#CCCCn1c(-c2cccc3cccnc23)nc2ccccc21. The Bertz CT molecular complexity index is 1050. The molecule has 0 bridgehead atoms. The van der Waals surface area contributed by atoms with Crippen LogP contribution in [0.5, 0.6) is 0 Å². The van der Waals surface area contributed by atoms with Crippen molar-refractivity contribution in [1.29, 1.82) is 5.26 Å². The molecule has 0 radical (unpaired) electrons. The third kappa shape index (κ3) is 2.40. The van der Waals surface area contributed by atoms with Crippen LogP contribution in [0.4, 0.5) is 0 Å². The summed E-state index contributed by atoms with van der Waals surface area (Å²) in [6.07, 6.45) is 3.16. The predicted molar refractivity (Wildman–Crippen MR) is 95.3 cm³/mol. The average molecular weight is 312 g/mol. The Morgan fingerprint density at radius 2 is 1.88 bits per heavy atom. The standard InChI is InChI=1S/C20H16N4/c21-12-3-4-14-24-18-11-2-1-10-17(18)23-20(24)16-9-5-7-15-8-6-13-22-19(15)16/h1-2,5-11,13H,3-4,14H2.